The van der Waals surface area contributed by atoms with Gasteiger partial charge >= 0.3 is 0 Å². The van der Waals surface area contributed by atoms with Crippen LogP contribution in [-0.2, 0) is 4.79 Å². The first-order chi connectivity index (χ1) is 13.1. The van der Waals surface area contributed by atoms with E-state index < -0.39 is 0 Å². The third kappa shape index (κ3) is 7.07. The van der Waals surface area contributed by atoms with Gasteiger partial charge in [-0.15, -0.1) is 0 Å². The average Bonchev–Trinajstić information content (AvgIpc) is 2.90. The van der Waals surface area contributed by atoms with Crippen LogP contribution < -0.4 is 0 Å². The first-order valence-electron chi connectivity index (χ1n) is 12.1. The summed E-state index contributed by atoms with van der Waals surface area (Å²) in [6.07, 6.45) is 15.1. The summed E-state index contributed by atoms with van der Waals surface area (Å²) in [7, 11) is 0. The molecule has 0 aromatic carbocycles. The van der Waals surface area contributed by atoms with Gasteiger partial charge in [0, 0.05) is 31.6 Å². The molecule has 2 unspecified atom stereocenters. The van der Waals surface area contributed by atoms with Crippen LogP contribution in [0.25, 0.3) is 0 Å². The highest BCUT2D eigenvalue weighted by Crippen LogP contribution is 2.32. The Hall–Kier alpha value is -0.570. The predicted octanol–water partition coefficient (Wildman–Crippen LogP) is 5.87. The SMILES string of the molecule is CCCCC(CCC)CCN1[C@@H]2CC[C@H]1CN(C(=O)CCCC(C)CC)C2. The summed E-state index contributed by atoms with van der Waals surface area (Å²) in [6.45, 7) is 12.4. The smallest absolute Gasteiger partial charge is 0.222 e. The molecule has 2 aliphatic heterocycles. The van der Waals surface area contributed by atoms with Crippen LogP contribution in [0.15, 0.2) is 0 Å². The van der Waals surface area contributed by atoms with Crippen molar-refractivity contribution in [2.45, 2.75) is 117 Å². The van der Waals surface area contributed by atoms with E-state index in [0.717, 1.165) is 37.8 Å². The molecule has 2 heterocycles. The third-order valence-electron chi connectivity index (χ3n) is 7.23. The molecular formula is C24H46N2O. The van der Waals surface area contributed by atoms with Gasteiger partial charge in [-0.1, -0.05) is 72.6 Å². The Kier molecular flexibility index (Phi) is 10.2. The molecule has 2 rings (SSSR count). The molecule has 0 aromatic rings. The van der Waals surface area contributed by atoms with E-state index in [4.69, 9.17) is 0 Å². The summed E-state index contributed by atoms with van der Waals surface area (Å²) in [5.41, 5.74) is 0. The second-order valence-electron chi connectivity index (χ2n) is 9.41. The van der Waals surface area contributed by atoms with Crippen molar-refractivity contribution in [1.29, 1.82) is 0 Å². The lowest BCUT2D eigenvalue weighted by Gasteiger charge is -2.41. The van der Waals surface area contributed by atoms with E-state index in [1.54, 1.807) is 0 Å². The Morgan fingerprint density at radius 3 is 2.22 bits per heavy atom. The molecular weight excluding hydrogens is 332 g/mol. The number of fused-ring (bicyclic) bond motifs is 2. The molecule has 2 aliphatic rings. The van der Waals surface area contributed by atoms with Crippen LogP contribution in [-0.4, -0.2) is 47.4 Å². The van der Waals surface area contributed by atoms with Crippen LogP contribution in [0.5, 0.6) is 0 Å². The van der Waals surface area contributed by atoms with Gasteiger partial charge in [0.05, 0.1) is 0 Å². The van der Waals surface area contributed by atoms with Crippen LogP contribution in [0, 0.1) is 11.8 Å². The molecule has 0 aromatic heterocycles. The molecule has 2 bridgehead atoms. The molecule has 4 atom stereocenters. The van der Waals surface area contributed by atoms with E-state index in [2.05, 4.69) is 37.5 Å². The van der Waals surface area contributed by atoms with E-state index in [1.807, 2.05) is 0 Å². The summed E-state index contributed by atoms with van der Waals surface area (Å²) in [5.74, 6) is 2.09. The van der Waals surface area contributed by atoms with Gasteiger partial charge in [-0.25, -0.2) is 0 Å². The van der Waals surface area contributed by atoms with Gasteiger partial charge in [-0.2, -0.15) is 0 Å². The van der Waals surface area contributed by atoms with Crippen molar-refractivity contribution in [2.75, 3.05) is 19.6 Å². The zero-order valence-electron chi connectivity index (χ0n) is 18.7. The summed E-state index contributed by atoms with van der Waals surface area (Å²) < 4.78 is 0. The molecule has 0 radical (unpaired) electrons. The number of nitrogens with zero attached hydrogens (tertiary/aromatic N) is 2. The lowest BCUT2D eigenvalue weighted by atomic mass is 9.93. The molecule has 3 heteroatoms. The lowest BCUT2D eigenvalue weighted by Crippen LogP contribution is -2.55. The largest absolute Gasteiger partial charge is 0.340 e. The second kappa shape index (κ2) is 12.1. The molecule has 3 nitrogen and oxygen atoms in total. The highest BCUT2D eigenvalue weighted by Gasteiger charge is 2.40. The van der Waals surface area contributed by atoms with E-state index in [0.29, 0.717) is 18.0 Å². The Balaban J connectivity index is 1.76. The molecule has 0 spiro atoms. The van der Waals surface area contributed by atoms with Gasteiger partial charge < -0.3 is 4.90 Å². The summed E-state index contributed by atoms with van der Waals surface area (Å²) in [4.78, 5) is 17.7. The summed E-state index contributed by atoms with van der Waals surface area (Å²) >= 11 is 0. The number of likely N-dealkylation sites (tertiary alicyclic amines) is 1. The Labute approximate surface area is 169 Å². The zero-order chi connectivity index (χ0) is 19.6. The first-order valence-corrected chi connectivity index (χ1v) is 12.1. The maximum absolute atomic E-state index is 12.7. The number of unbranched alkanes of at least 4 members (excludes halogenated alkanes) is 1. The van der Waals surface area contributed by atoms with Crippen molar-refractivity contribution < 1.29 is 4.79 Å². The first kappa shape index (κ1) is 22.7. The molecule has 0 N–H and O–H groups in total. The lowest BCUT2D eigenvalue weighted by molar-refractivity contribution is -0.134. The van der Waals surface area contributed by atoms with Gasteiger partial charge in [-0.3, -0.25) is 9.69 Å². The number of rotatable bonds is 13. The molecule has 2 saturated heterocycles. The number of hydrogen-bond donors (Lipinski definition) is 0. The van der Waals surface area contributed by atoms with Crippen molar-refractivity contribution in [3.8, 4) is 0 Å². The highest BCUT2D eigenvalue weighted by molar-refractivity contribution is 5.76. The number of carbonyl (C=O) groups excluding carboxylic acids is 1. The molecule has 27 heavy (non-hydrogen) atoms. The van der Waals surface area contributed by atoms with E-state index in [1.165, 1.54) is 70.8 Å². The fourth-order valence-electron chi connectivity index (χ4n) is 5.19. The predicted molar refractivity (Wildman–Crippen MR) is 116 cm³/mol. The number of piperazine rings is 1. The van der Waals surface area contributed by atoms with Crippen molar-refractivity contribution >= 4 is 5.91 Å². The topological polar surface area (TPSA) is 23.6 Å². The van der Waals surface area contributed by atoms with Crippen molar-refractivity contribution in [3.05, 3.63) is 0 Å². The quantitative estimate of drug-likeness (QED) is 0.400. The minimum absolute atomic E-state index is 0.418. The standard InChI is InChI=1S/C24H46N2O/c1-5-8-12-21(10-6-2)16-17-26-22-14-15-23(26)19-25(18-22)24(27)13-9-11-20(4)7-3/h20-23H,5-19H2,1-4H3/t20?,21?,22-,23+. The normalized spacial score (nSPS) is 25.0. The van der Waals surface area contributed by atoms with Gasteiger partial charge in [0.15, 0.2) is 0 Å². The minimum atomic E-state index is 0.418. The maximum Gasteiger partial charge on any atom is 0.222 e. The minimum Gasteiger partial charge on any atom is -0.340 e. The monoisotopic (exact) mass is 378 g/mol. The molecule has 1 amide bonds. The highest BCUT2D eigenvalue weighted by atomic mass is 16.2. The molecule has 0 saturated carbocycles. The molecule has 0 aliphatic carbocycles. The van der Waals surface area contributed by atoms with Crippen molar-refractivity contribution in [3.63, 3.8) is 0 Å². The van der Waals surface area contributed by atoms with E-state index >= 15 is 0 Å². The van der Waals surface area contributed by atoms with Gasteiger partial charge in [-0.05, 0) is 44.1 Å². The fraction of sp³-hybridized carbons (Fsp3) is 0.958. The summed E-state index contributed by atoms with van der Waals surface area (Å²) in [5, 5.41) is 0. The van der Waals surface area contributed by atoms with Gasteiger partial charge in [0.2, 0.25) is 5.91 Å². The van der Waals surface area contributed by atoms with Crippen LogP contribution >= 0.6 is 0 Å². The van der Waals surface area contributed by atoms with Crippen LogP contribution in [0.1, 0.15) is 105 Å². The summed E-state index contributed by atoms with van der Waals surface area (Å²) in [6, 6.07) is 1.27. The number of hydrogen-bond acceptors (Lipinski definition) is 2. The fourth-order valence-corrected chi connectivity index (χ4v) is 5.19. The average molecular weight is 379 g/mol. The Morgan fingerprint density at radius 1 is 0.926 bits per heavy atom. The molecule has 158 valence electrons. The van der Waals surface area contributed by atoms with Crippen molar-refractivity contribution in [1.82, 2.24) is 9.80 Å². The third-order valence-corrected chi connectivity index (χ3v) is 7.23. The van der Waals surface area contributed by atoms with Crippen molar-refractivity contribution in [2.24, 2.45) is 11.8 Å². The Morgan fingerprint density at radius 2 is 1.63 bits per heavy atom. The zero-order valence-corrected chi connectivity index (χ0v) is 18.7. The van der Waals surface area contributed by atoms with E-state index in [9.17, 15) is 4.79 Å². The van der Waals surface area contributed by atoms with Gasteiger partial charge in [0.25, 0.3) is 0 Å². The van der Waals surface area contributed by atoms with Crippen LogP contribution in [0.3, 0.4) is 0 Å². The van der Waals surface area contributed by atoms with Crippen LogP contribution in [0.2, 0.25) is 0 Å². The second-order valence-corrected chi connectivity index (χ2v) is 9.41. The molecule has 2 fully saturated rings. The number of amides is 1. The maximum atomic E-state index is 12.7. The number of carbonyl (C=O) groups is 1. The van der Waals surface area contributed by atoms with Crippen LogP contribution in [0.4, 0.5) is 0 Å². The van der Waals surface area contributed by atoms with Gasteiger partial charge in [0.1, 0.15) is 0 Å². The Bertz CT molecular complexity index is 411. The van der Waals surface area contributed by atoms with E-state index in [-0.39, 0.29) is 0 Å².